The van der Waals surface area contributed by atoms with Gasteiger partial charge in [-0.15, -0.1) is 23.5 Å². The van der Waals surface area contributed by atoms with Gasteiger partial charge in [-0.3, -0.25) is 0 Å². The van der Waals surface area contributed by atoms with Crippen LogP contribution in [0, 0.1) is 0 Å². The van der Waals surface area contributed by atoms with Crippen LogP contribution in [0.3, 0.4) is 0 Å². The molecule has 2 aromatic rings. The molecule has 132 valence electrons. The monoisotopic (exact) mass is 380 g/mol. The normalized spacial score (nSPS) is 11.5. The molecule has 2 rings (SSSR count). The molecule has 0 aromatic heterocycles. The molecule has 25 heavy (non-hydrogen) atoms. The number of hydrogen-bond donors (Lipinski definition) is 6. The Hall–Kier alpha value is -2.58. The maximum absolute atomic E-state index is 9.40. The van der Waals surface area contributed by atoms with Gasteiger partial charge in [0.1, 0.15) is 0 Å². The van der Waals surface area contributed by atoms with E-state index in [0.717, 1.165) is 0 Å². The first-order chi connectivity index (χ1) is 11.9. The van der Waals surface area contributed by atoms with Crippen molar-refractivity contribution in [1.29, 1.82) is 0 Å². The lowest BCUT2D eigenvalue weighted by molar-refractivity contribution is 0.367. The highest BCUT2D eigenvalue weighted by molar-refractivity contribution is 8.18. The first kappa shape index (κ1) is 18.8. The maximum atomic E-state index is 9.40. The van der Waals surface area contributed by atoms with Crippen LogP contribution in [0.15, 0.2) is 35.1 Å². The van der Waals surface area contributed by atoms with Crippen molar-refractivity contribution in [2.45, 2.75) is 0 Å². The lowest BCUT2D eigenvalue weighted by Gasteiger charge is -2.02. The summed E-state index contributed by atoms with van der Waals surface area (Å²) in [5.74, 6) is -2.64. The van der Waals surface area contributed by atoms with Crippen molar-refractivity contribution >= 4 is 35.7 Å². The molecule has 0 saturated heterocycles. The van der Waals surface area contributed by atoms with Crippen LogP contribution in [0.5, 0.6) is 34.5 Å². The summed E-state index contributed by atoms with van der Waals surface area (Å²) in [6, 6.07) is 5.34. The Morgan fingerprint density at radius 3 is 1.24 bits per heavy atom. The third-order valence-electron chi connectivity index (χ3n) is 3.03. The van der Waals surface area contributed by atoms with Gasteiger partial charge in [-0.1, -0.05) is 0 Å². The van der Waals surface area contributed by atoms with E-state index in [1.54, 1.807) is 23.0 Å². The van der Waals surface area contributed by atoms with E-state index in [0.29, 0.717) is 16.2 Å². The summed E-state index contributed by atoms with van der Waals surface area (Å²) < 4.78 is 0. The number of hydrogen-bond acceptors (Lipinski definition) is 8. The summed E-state index contributed by atoms with van der Waals surface area (Å²) in [6.45, 7) is 0. The van der Waals surface area contributed by atoms with Crippen LogP contribution >= 0.6 is 23.5 Å². The number of benzene rings is 2. The molecule has 0 atom stereocenters. The summed E-state index contributed by atoms with van der Waals surface area (Å²) in [5.41, 5.74) is 1.10. The highest BCUT2D eigenvalue weighted by atomic mass is 32.2. The van der Waals surface area contributed by atoms with Crippen LogP contribution in [0.2, 0.25) is 0 Å². The molecule has 8 heteroatoms. The highest BCUT2D eigenvalue weighted by Gasteiger charge is 2.07. The molecule has 2 aromatic carbocycles. The van der Waals surface area contributed by atoms with E-state index >= 15 is 0 Å². The van der Waals surface area contributed by atoms with Crippen LogP contribution in [0.4, 0.5) is 0 Å². The third-order valence-corrected chi connectivity index (χ3v) is 4.78. The number of phenolic OH excluding ortho intramolecular Hbond substituents is 6. The number of thioether (sulfide) groups is 2. The van der Waals surface area contributed by atoms with E-state index in [9.17, 15) is 30.6 Å². The number of rotatable bonds is 6. The molecule has 0 spiro atoms. The Bertz CT molecular complexity index is 703. The zero-order valence-electron chi connectivity index (χ0n) is 12.8. The zero-order chi connectivity index (χ0) is 18.4. The Balaban J connectivity index is 1.82. The Morgan fingerprint density at radius 2 is 0.920 bits per heavy atom. The van der Waals surface area contributed by atoms with E-state index in [1.165, 1.54) is 47.8 Å². The van der Waals surface area contributed by atoms with Crippen LogP contribution in [-0.2, 0) is 0 Å². The Kier molecular flexibility index (Phi) is 6.37. The minimum atomic E-state index is -0.545. The van der Waals surface area contributed by atoms with Crippen molar-refractivity contribution in [2.24, 2.45) is 0 Å². The predicted molar refractivity (Wildman–Crippen MR) is 101 cm³/mol. The van der Waals surface area contributed by atoms with Gasteiger partial charge in [0, 0.05) is 5.08 Å². The van der Waals surface area contributed by atoms with Crippen molar-refractivity contribution in [3.63, 3.8) is 0 Å². The van der Waals surface area contributed by atoms with E-state index < -0.39 is 11.5 Å². The van der Waals surface area contributed by atoms with Gasteiger partial charge in [0.15, 0.2) is 34.5 Å². The van der Waals surface area contributed by atoms with Crippen molar-refractivity contribution in [3.8, 4) is 34.5 Å². The Labute approximate surface area is 152 Å². The molecule has 0 unspecified atom stereocenters. The molecule has 0 aliphatic rings. The lowest BCUT2D eigenvalue weighted by Crippen LogP contribution is -1.76. The zero-order valence-corrected chi connectivity index (χ0v) is 14.5. The van der Waals surface area contributed by atoms with Crippen molar-refractivity contribution in [3.05, 3.63) is 46.2 Å². The van der Waals surface area contributed by atoms with Gasteiger partial charge < -0.3 is 30.6 Å². The molecule has 0 aliphatic heterocycles. The van der Waals surface area contributed by atoms with Gasteiger partial charge in [-0.25, -0.2) is 0 Å². The van der Waals surface area contributed by atoms with Gasteiger partial charge in [-0.2, -0.15) is 0 Å². The fraction of sp³-hybridized carbons (Fsp3) is 0.0588. The van der Waals surface area contributed by atoms with Gasteiger partial charge in [0.05, 0.1) is 0 Å². The molecule has 0 heterocycles. The van der Waals surface area contributed by atoms with E-state index in [1.807, 2.05) is 0 Å². The van der Waals surface area contributed by atoms with Crippen LogP contribution in [0.1, 0.15) is 11.1 Å². The lowest BCUT2D eigenvalue weighted by atomic mass is 10.2. The first-order valence-corrected chi connectivity index (χ1v) is 9.04. The molecular formula is C17H16O6S2. The average Bonchev–Trinajstić information content (AvgIpc) is 2.56. The molecule has 0 radical (unpaired) electrons. The average molecular weight is 380 g/mol. The summed E-state index contributed by atoms with van der Waals surface area (Å²) >= 11 is 2.95. The van der Waals surface area contributed by atoms with Gasteiger partial charge >= 0.3 is 0 Å². The third kappa shape index (κ3) is 5.20. The number of aromatic hydroxyl groups is 6. The SMILES string of the molecule is Oc1cc(/C=C/SCS/C=C/c2cc(O)c(O)c(O)c2)cc(O)c1O. The van der Waals surface area contributed by atoms with E-state index in [2.05, 4.69) is 0 Å². The smallest absolute Gasteiger partial charge is 0.200 e. The summed E-state index contributed by atoms with van der Waals surface area (Å²) in [5, 5.41) is 60.4. The van der Waals surface area contributed by atoms with Crippen LogP contribution in [-0.4, -0.2) is 35.7 Å². The van der Waals surface area contributed by atoms with Crippen LogP contribution < -0.4 is 0 Å². The van der Waals surface area contributed by atoms with E-state index in [4.69, 9.17) is 0 Å². The van der Waals surface area contributed by atoms with Gasteiger partial charge in [0.25, 0.3) is 0 Å². The van der Waals surface area contributed by atoms with Crippen molar-refractivity contribution in [1.82, 2.24) is 0 Å². The largest absolute Gasteiger partial charge is 0.504 e. The maximum Gasteiger partial charge on any atom is 0.200 e. The minimum absolute atomic E-state index is 0.387. The molecule has 0 fully saturated rings. The number of phenols is 6. The fourth-order valence-electron chi connectivity index (χ4n) is 1.81. The summed E-state index contributed by atoms with van der Waals surface area (Å²) in [4.78, 5) is 0. The van der Waals surface area contributed by atoms with Gasteiger partial charge in [0.2, 0.25) is 0 Å². The quantitative estimate of drug-likeness (QED) is 0.253. The second-order valence-corrected chi connectivity index (χ2v) is 7.03. The summed E-state index contributed by atoms with van der Waals surface area (Å²) in [6.07, 6.45) is 3.37. The predicted octanol–water partition coefficient (Wildman–Crippen LogP) is 3.99. The van der Waals surface area contributed by atoms with Crippen LogP contribution in [0.25, 0.3) is 12.2 Å². The standard InChI is InChI=1S/C17H16O6S2/c18-12-5-10(6-13(19)16(12)22)1-3-24-9-25-4-2-11-7-14(20)17(23)15(21)8-11/h1-8,18-23H,9H2/b3-1+,4-2+. The summed E-state index contributed by atoms with van der Waals surface area (Å²) in [7, 11) is 0. The van der Waals surface area contributed by atoms with Crippen molar-refractivity contribution < 1.29 is 30.6 Å². The minimum Gasteiger partial charge on any atom is -0.504 e. The molecule has 0 saturated carbocycles. The molecule has 0 amide bonds. The van der Waals surface area contributed by atoms with E-state index in [-0.39, 0.29) is 23.0 Å². The molecule has 6 N–H and O–H groups in total. The second-order valence-electron chi connectivity index (χ2n) is 4.87. The van der Waals surface area contributed by atoms with Crippen molar-refractivity contribution in [2.75, 3.05) is 5.08 Å². The van der Waals surface area contributed by atoms with Gasteiger partial charge in [-0.05, 0) is 58.4 Å². The first-order valence-electron chi connectivity index (χ1n) is 6.94. The molecular weight excluding hydrogens is 364 g/mol. The Morgan fingerprint density at radius 1 is 0.600 bits per heavy atom. The molecule has 0 bridgehead atoms. The highest BCUT2D eigenvalue weighted by Crippen LogP contribution is 2.37. The molecule has 6 nitrogen and oxygen atoms in total. The topological polar surface area (TPSA) is 121 Å². The second kappa shape index (κ2) is 8.50. The molecule has 0 aliphatic carbocycles. The fourth-order valence-corrected chi connectivity index (χ4v) is 3.26.